The van der Waals surface area contributed by atoms with Crippen LogP contribution in [0, 0.1) is 0 Å². The van der Waals surface area contributed by atoms with Crippen molar-refractivity contribution in [3.05, 3.63) is 120 Å². The first kappa shape index (κ1) is 34.4. The Balaban J connectivity index is 1.01. The molecule has 4 aromatic carbocycles. The fourth-order valence-corrected chi connectivity index (χ4v) is 6.64. The Labute approximate surface area is 313 Å². The standard InChI is InChI=1S/C40H42N12O2/c1-2-42-36-47-37(43-25-28-13-18-34-29(23-28)19-22-53-34)49-40(48-36)52-21-20-51(26-31(52)24-27-9-5-3-6-10-27)39-46-35(41)45-38(50-39)44-30-14-16-33(17-15-30)54-32-11-7-4-8-12-32/h3-18,23,31H,2,19-22,24-26H2,1H3,(H3,41,44,45,46,50)(H2,42,43,47,48,49). The van der Waals surface area contributed by atoms with E-state index in [0.717, 1.165) is 47.9 Å². The number of fused-ring (bicyclic) bond motifs is 1. The molecular weight excluding hydrogens is 681 g/mol. The van der Waals surface area contributed by atoms with Crippen LogP contribution in [0.5, 0.6) is 17.2 Å². The molecule has 0 bridgehead atoms. The van der Waals surface area contributed by atoms with E-state index in [1.54, 1.807) is 0 Å². The van der Waals surface area contributed by atoms with Crippen molar-refractivity contribution < 1.29 is 9.47 Å². The summed E-state index contributed by atoms with van der Waals surface area (Å²) in [4.78, 5) is 32.7. The summed E-state index contributed by atoms with van der Waals surface area (Å²) in [6, 6.07) is 34.0. The van der Waals surface area contributed by atoms with E-state index in [1.165, 1.54) is 11.1 Å². The number of benzene rings is 4. The average molecular weight is 723 g/mol. The van der Waals surface area contributed by atoms with Crippen LogP contribution in [0.25, 0.3) is 0 Å². The third kappa shape index (κ3) is 8.33. The number of aromatic nitrogens is 6. The molecule has 274 valence electrons. The molecule has 0 amide bonds. The summed E-state index contributed by atoms with van der Waals surface area (Å²) in [5, 5.41) is 10.0. The molecule has 0 aliphatic carbocycles. The van der Waals surface area contributed by atoms with Crippen molar-refractivity contribution in [3.8, 4) is 17.2 Å². The summed E-state index contributed by atoms with van der Waals surface area (Å²) in [5.74, 6) is 5.07. The number of hydrogen-bond acceptors (Lipinski definition) is 14. The highest BCUT2D eigenvalue weighted by Gasteiger charge is 2.31. The highest BCUT2D eigenvalue weighted by Crippen LogP contribution is 2.29. The van der Waals surface area contributed by atoms with Crippen LogP contribution in [0.15, 0.2) is 103 Å². The third-order valence-corrected chi connectivity index (χ3v) is 9.23. The number of rotatable bonds is 13. The van der Waals surface area contributed by atoms with Crippen molar-refractivity contribution in [2.75, 3.05) is 64.3 Å². The molecule has 5 N–H and O–H groups in total. The molecule has 0 saturated carbocycles. The van der Waals surface area contributed by atoms with E-state index >= 15 is 0 Å². The van der Waals surface area contributed by atoms with E-state index in [4.69, 9.17) is 35.1 Å². The summed E-state index contributed by atoms with van der Waals surface area (Å²) in [6.07, 6.45) is 1.68. The van der Waals surface area contributed by atoms with Gasteiger partial charge in [-0.25, -0.2) is 0 Å². The van der Waals surface area contributed by atoms with Gasteiger partial charge in [-0.2, -0.15) is 29.9 Å². The van der Waals surface area contributed by atoms with Crippen LogP contribution in [0.3, 0.4) is 0 Å². The van der Waals surface area contributed by atoms with Crippen LogP contribution in [-0.4, -0.2) is 68.7 Å². The van der Waals surface area contributed by atoms with Gasteiger partial charge in [-0.05, 0) is 72.5 Å². The Morgan fingerprint density at radius 1 is 0.741 bits per heavy atom. The van der Waals surface area contributed by atoms with Crippen LogP contribution in [0.2, 0.25) is 0 Å². The van der Waals surface area contributed by atoms with Crippen molar-refractivity contribution in [2.24, 2.45) is 0 Å². The number of nitrogens with one attached hydrogen (secondary N) is 3. The lowest BCUT2D eigenvalue weighted by Gasteiger charge is -2.41. The second-order valence-electron chi connectivity index (χ2n) is 13.1. The first-order chi connectivity index (χ1) is 26.5. The second kappa shape index (κ2) is 15.9. The Hall–Kier alpha value is -6.70. The maximum Gasteiger partial charge on any atom is 0.233 e. The van der Waals surface area contributed by atoms with Gasteiger partial charge in [-0.15, -0.1) is 0 Å². The van der Waals surface area contributed by atoms with Gasteiger partial charge in [0.1, 0.15) is 17.2 Å². The molecule has 4 heterocycles. The van der Waals surface area contributed by atoms with Crippen LogP contribution in [0.1, 0.15) is 23.6 Å². The number of para-hydroxylation sites is 1. The lowest BCUT2D eigenvalue weighted by atomic mass is 10.0. The summed E-state index contributed by atoms with van der Waals surface area (Å²) in [5.41, 5.74) is 10.6. The maximum absolute atomic E-state index is 6.26. The SMILES string of the molecule is CCNc1nc(NCc2ccc3c(c2)CCO3)nc(N2CCN(c3nc(N)nc(Nc4ccc(Oc5ccccc5)cc4)n3)CC2Cc2ccccc2)n1. The molecule has 0 radical (unpaired) electrons. The summed E-state index contributed by atoms with van der Waals surface area (Å²) < 4.78 is 11.6. The van der Waals surface area contributed by atoms with Crippen LogP contribution >= 0.6 is 0 Å². The monoisotopic (exact) mass is 722 g/mol. The first-order valence-corrected chi connectivity index (χ1v) is 18.2. The lowest BCUT2D eigenvalue weighted by Crippen LogP contribution is -2.55. The largest absolute Gasteiger partial charge is 0.493 e. The zero-order chi connectivity index (χ0) is 36.7. The minimum atomic E-state index is -0.0193. The Bertz CT molecular complexity index is 2170. The topological polar surface area (TPSA) is 164 Å². The zero-order valence-corrected chi connectivity index (χ0v) is 30.0. The highest BCUT2D eigenvalue weighted by atomic mass is 16.5. The average Bonchev–Trinajstić information content (AvgIpc) is 3.67. The van der Waals surface area contributed by atoms with Crippen molar-refractivity contribution in [1.82, 2.24) is 29.9 Å². The Morgan fingerprint density at radius 3 is 2.28 bits per heavy atom. The molecule has 14 heteroatoms. The van der Waals surface area contributed by atoms with Crippen molar-refractivity contribution in [3.63, 3.8) is 0 Å². The van der Waals surface area contributed by atoms with E-state index in [2.05, 4.69) is 72.1 Å². The molecule has 2 aliphatic rings. The van der Waals surface area contributed by atoms with E-state index in [0.29, 0.717) is 62.5 Å². The van der Waals surface area contributed by atoms with E-state index in [-0.39, 0.29) is 12.0 Å². The second-order valence-corrected chi connectivity index (χ2v) is 13.1. The fourth-order valence-electron chi connectivity index (χ4n) is 6.64. The van der Waals surface area contributed by atoms with Gasteiger partial charge in [0.05, 0.1) is 12.6 Å². The highest BCUT2D eigenvalue weighted by molar-refractivity contribution is 5.57. The van der Waals surface area contributed by atoms with Gasteiger partial charge >= 0.3 is 0 Å². The van der Waals surface area contributed by atoms with Crippen molar-refractivity contribution in [1.29, 1.82) is 0 Å². The number of nitrogen functional groups attached to an aromatic ring is 1. The Morgan fingerprint density at radius 2 is 1.48 bits per heavy atom. The molecule has 1 atom stereocenters. The van der Waals surface area contributed by atoms with Gasteiger partial charge in [-0.1, -0.05) is 60.7 Å². The minimum absolute atomic E-state index is 0.0193. The predicted octanol–water partition coefficient (Wildman–Crippen LogP) is 6.09. The van der Waals surface area contributed by atoms with Crippen molar-refractivity contribution in [2.45, 2.75) is 32.4 Å². The van der Waals surface area contributed by atoms with Gasteiger partial charge in [-0.3, -0.25) is 0 Å². The molecular formula is C40H42N12O2. The quantitative estimate of drug-likeness (QED) is 0.108. The molecule has 8 rings (SSSR count). The normalized spacial score (nSPS) is 14.9. The molecule has 6 aromatic rings. The predicted molar refractivity (Wildman–Crippen MR) is 211 cm³/mol. The summed E-state index contributed by atoms with van der Waals surface area (Å²) >= 11 is 0. The molecule has 2 aliphatic heterocycles. The maximum atomic E-state index is 6.26. The number of ether oxygens (including phenoxy) is 2. The molecule has 2 aromatic heterocycles. The minimum Gasteiger partial charge on any atom is -0.493 e. The lowest BCUT2D eigenvalue weighted by molar-refractivity contribution is 0.357. The van der Waals surface area contributed by atoms with Gasteiger partial charge in [0.25, 0.3) is 0 Å². The Kier molecular flexibility index (Phi) is 10.1. The molecule has 1 saturated heterocycles. The number of anilines is 7. The number of hydrogen-bond donors (Lipinski definition) is 4. The first-order valence-electron chi connectivity index (χ1n) is 18.2. The fraction of sp³-hybridized carbons (Fsp3) is 0.250. The molecule has 14 nitrogen and oxygen atoms in total. The third-order valence-electron chi connectivity index (χ3n) is 9.23. The number of nitrogens with two attached hydrogens (primary N) is 1. The van der Waals surface area contributed by atoms with Gasteiger partial charge in [0, 0.05) is 44.8 Å². The van der Waals surface area contributed by atoms with Gasteiger partial charge in [0.2, 0.25) is 35.7 Å². The molecule has 1 unspecified atom stereocenters. The zero-order valence-electron chi connectivity index (χ0n) is 30.0. The number of piperazine rings is 1. The smallest absolute Gasteiger partial charge is 0.233 e. The van der Waals surface area contributed by atoms with E-state index < -0.39 is 0 Å². The number of nitrogens with zero attached hydrogens (tertiary/aromatic N) is 8. The van der Waals surface area contributed by atoms with Gasteiger partial charge in [0.15, 0.2) is 0 Å². The van der Waals surface area contributed by atoms with E-state index in [9.17, 15) is 0 Å². The van der Waals surface area contributed by atoms with Crippen LogP contribution in [0.4, 0.5) is 41.4 Å². The van der Waals surface area contributed by atoms with Crippen LogP contribution < -0.4 is 41.0 Å². The molecule has 54 heavy (non-hydrogen) atoms. The molecule has 1 fully saturated rings. The van der Waals surface area contributed by atoms with Crippen LogP contribution in [-0.2, 0) is 19.4 Å². The molecule has 0 spiro atoms. The summed E-state index contributed by atoms with van der Waals surface area (Å²) in [6.45, 7) is 5.84. The van der Waals surface area contributed by atoms with Gasteiger partial charge < -0.3 is 41.0 Å². The van der Waals surface area contributed by atoms with E-state index in [1.807, 2.05) is 73.7 Å². The summed E-state index contributed by atoms with van der Waals surface area (Å²) in [7, 11) is 0. The van der Waals surface area contributed by atoms with Crippen molar-refractivity contribution >= 4 is 41.4 Å².